The number of rotatable bonds is 2. The van der Waals surface area contributed by atoms with Crippen molar-refractivity contribution in [1.29, 1.82) is 0 Å². The predicted octanol–water partition coefficient (Wildman–Crippen LogP) is 0.990. The number of carboxylic acids is 1. The molecule has 2 rings (SSSR count). The van der Waals surface area contributed by atoms with Crippen LogP contribution in [0.2, 0.25) is 0 Å². The molecular weight excluding hydrogens is 240 g/mol. The lowest BCUT2D eigenvalue weighted by Crippen LogP contribution is -2.42. The van der Waals surface area contributed by atoms with E-state index < -0.39 is 12.0 Å². The summed E-state index contributed by atoms with van der Waals surface area (Å²) in [5.74, 6) is -0.420. The number of amides is 1. The third kappa shape index (κ3) is 2.26. The first-order valence-electron chi connectivity index (χ1n) is 5.14. The quantitative estimate of drug-likeness (QED) is 0.850. The second-order valence-corrected chi connectivity index (χ2v) is 4.80. The fourth-order valence-electron chi connectivity index (χ4n) is 1.69. The first kappa shape index (κ1) is 11.9. The van der Waals surface area contributed by atoms with Gasteiger partial charge in [-0.05, 0) is 18.6 Å². The third-order valence-electron chi connectivity index (χ3n) is 2.64. The zero-order valence-corrected chi connectivity index (χ0v) is 10.1. The Balaban J connectivity index is 2.26. The first-order chi connectivity index (χ1) is 8.11. The van der Waals surface area contributed by atoms with Gasteiger partial charge in [0, 0.05) is 11.9 Å². The summed E-state index contributed by atoms with van der Waals surface area (Å²) < 4.78 is 0. The van der Waals surface area contributed by atoms with Crippen molar-refractivity contribution in [2.24, 2.45) is 0 Å². The van der Waals surface area contributed by atoms with E-state index in [1.165, 1.54) is 16.7 Å². The van der Waals surface area contributed by atoms with Gasteiger partial charge in [0.15, 0.2) is 0 Å². The molecule has 1 saturated heterocycles. The smallest absolute Gasteiger partial charge is 0.327 e. The molecule has 1 fully saturated rings. The molecule has 0 saturated carbocycles. The van der Waals surface area contributed by atoms with E-state index >= 15 is 0 Å². The van der Waals surface area contributed by atoms with Gasteiger partial charge in [-0.1, -0.05) is 6.07 Å². The van der Waals surface area contributed by atoms with Crippen molar-refractivity contribution in [3.63, 3.8) is 0 Å². The van der Waals surface area contributed by atoms with Gasteiger partial charge in [-0.3, -0.25) is 9.78 Å². The molecule has 17 heavy (non-hydrogen) atoms. The van der Waals surface area contributed by atoms with Gasteiger partial charge in [0.25, 0.3) is 5.91 Å². The highest BCUT2D eigenvalue weighted by atomic mass is 32.2. The minimum Gasteiger partial charge on any atom is -0.480 e. The van der Waals surface area contributed by atoms with Gasteiger partial charge in [0.05, 0.1) is 5.88 Å². The number of carbonyl (C=O) groups is 2. The minimum atomic E-state index is -0.961. The van der Waals surface area contributed by atoms with Crippen LogP contribution in [0, 0.1) is 6.92 Å². The maximum absolute atomic E-state index is 12.2. The molecule has 0 spiro atoms. The van der Waals surface area contributed by atoms with Gasteiger partial charge in [0.2, 0.25) is 0 Å². The summed E-state index contributed by atoms with van der Waals surface area (Å²) in [5, 5.41) is 9.02. The molecule has 1 unspecified atom stereocenters. The monoisotopic (exact) mass is 252 g/mol. The zero-order valence-electron chi connectivity index (χ0n) is 9.29. The fourth-order valence-corrected chi connectivity index (χ4v) is 2.84. The van der Waals surface area contributed by atoms with Crippen molar-refractivity contribution in [2.75, 3.05) is 11.6 Å². The molecule has 0 aliphatic carbocycles. The van der Waals surface area contributed by atoms with Crippen LogP contribution in [0.25, 0.3) is 0 Å². The van der Waals surface area contributed by atoms with E-state index in [4.69, 9.17) is 5.11 Å². The molecular formula is C11H12N2O3S. The van der Waals surface area contributed by atoms with Gasteiger partial charge in [-0.2, -0.15) is 0 Å². The topological polar surface area (TPSA) is 70.5 Å². The van der Waals surface area contributed by atoms with E-state index in [0.29, 0.717) is 17.3 Å². The van der Waals surface area contributed by atoms with Crippen molar-refractivity contribution in [1.82, 2.24) is 9.88 Å². The average Bonchev–Trinajstić information content (AvgIpc) is 2.77. The molecule has 1 aromatic heterocycles. The Bertz CT molecular complexity index is 464. The lowest BCUT2D eigenvalue weighted by molar-refractivity contribution is -0.140. The van der Waals surface area contributed by atoms with Crippen LogP contribution in [-0.4, -0.2) is 44.5 Å². The van der Waals surface area contributed by atoms with Gasteiger partial charge < -0.3 is 10.0 Å². The molecule has 90 valence electrons. The van der Waals surface area contributed by atoms with Crippen molar-refractivity contribution in [3.05, 3.63) is 29.6 Å². The van der Waals surface area contributed by atoms with E-state index in [0.717, 1.165) is 5.56 Å². The Hall–Kier alpha value is -1.56. The molecule has 1 amide bonds. The average molecular weight is 252 g/mol. The number of hydrogen-bond acceptors (Lipinski definition) is 4. The number of hydrogen-bond donors (Lipinski definition) is 1. The summed E-state index contributed by atoms with van der Waals surface area (Å²) in [6.07, 6.45) is 1.54. The maximum atomic E-state index is 12.2. The molecule has 1 aromatic rings. The van der Waals surface area contributed by atoms with Crippen molar-refractivity contribution < 1.29 is 14.7 Å². The number of carbonyl (C=O) groups excluding carboxylic acids is 1. The molecule has 1 aliphatic heterocycles. The van der Waals surface area contributed by atoms with Crippen LogP contribution in [0.1, 0.15) is 16.1 Å². The van der Waals surface area contributed by atoms with Crippen LogP contribution in [0.5, 0.6) is 0 Å². The van der Waals surface area contributed by atoms with Crippen LogP contribution in [0.3, 0.4) is 0 Å². The van der Waals surface area contributed by atoms with Crippen molar-refractivity contribution in [2.45, 2.75) is 13.0 Å². The number of nitrogens with zero attached hydrogens (tertiary/aromatic N) is 2. The van der Waals surface area contributed by atoms with Crippen molar-refractivity contribution >= 4 is 23.6 Å². The highest BCUT2D eigenvalue weighted by Crippen LogP contribution is 2.23. The number of aromatic nitrogens is 1. The Morgan fingerprint density at radius 2 is 2.35 bits per heavy atom. The molecule has 5 nitrogen and oxygen atoms in total. The second-order valence-electron chi connectivity index (χ2n) is 3.80. The minimum absolute atomic E-state index is 0.305. The fraction of sp³-hybridized carbons (Fsp3) is 0.364. The summed E-state index contributed by atoms with van der Waals surface area (Å²) in [5.41, 5.74) is 1.10. The van der Waals surface area contributed by atoms with E-state index in [9.17, 15) is 9.59 Å². The van der Waals surface area contributed by atoms with E-state index in [-0.39, 0.29) is 5.91 Å². The molecule has 2 heterocycles. The standard InChI is InChI=1S/C11H12N2O3S/c1-7-3-2-4-12-9(7)10(14)13-6-17-5-8(13)11(15)16/h2-4,8H,5-6H2,1H3,(H,15,16). The van der Waals surface area contributed by atoms with Crippen molar-refractivity contribution in [3.8, 4) is 0 Å². The number of carboxylic acid groups (broad SMARTS) is 1. The largest absolute Gasteiger partial charge is 0.480 e. The summed E-state index contributed by atoms with van der Waals surface area (Å²) in [7, 11) is 0. The van der Waals surface area contributed by atoms with Crippen LogP contribution in [-0.2, 0) is 4.79 Å². The first-order valence-corrected chi connectivity index (χ1v) is 6.30. The molecule has 0 radical (unpaired) electrons. The molecule has 1 atom stereocenters. The van der Waals surface area contributed by atoms with E-state index in [1.54, 1.807) is 25.3 Å². The maximum Gasteiger partial charge on any atom is 0.327 e. The number of aryl methyl sites for hydroxylation is 1. The summed E-state index contributed by atoms with van der Waals surface area (Å²) in [4.78, 5) is 28.6. The zero-order chi connectivity index (χ0) is 12.4. The summed E-state index contributed by atoms with van der Waals surface area (Å²) in [6, 6.07) is 2.80. The Morgan fingerprint density at radius 1 is 1.59 bits per heavy atom. The van der Waals surface area contributed by atoms with E-state index in [1.807, 2.05) is 0 Å². The molecule has 1 N–H and O–H groups in total. The third-order valence-corrected chi connectivity index (χ3v) is 3.65. The van der Waals surface area contributed by atoms with Gasteiger partial charge >= 0.3 is 5.97 Å². The Kier molecular flexibility index (Phi) is 3.33. The summed E-state index contributed by atoms with van der Waals surface area (Å²) in [6.45, 7) is 1.79. The van der Waals surface area contributed by atoms with Crippen LogP contribution in [0.4, 0.5) is 0 Å². The molecule has 0 bridgehead atoms. The lowest BCUT2D eigenvalue weighted by Gasteiger charge is -2.20. The van der Waals surface area contributed by atoms with Crippen LogP contribution >= 0.6 is 11.8 Å². The molecule has 0 aromatic carbocycles. The van der Waals surface area contributed by atoms with E-state index in [2.05, 4.69) is 4.98 Å². The lowest BCUT2D eigenvalue weighted by atomic mass is 10.2. The molecule has 6 heteroatoms. The number of thioether (sulfide) groups is 1. The van der Waals surface area contributed by atoms with Crippen LogP contribution in [0.15, 0.2) is 18.3 Å². The predicted molar refractivity (Wildman–Crippen MR) is 63.9 cm³/mol. The Labute approximate surface area is 103 Å². The van der Waals surface area contributed by atoms with Crippen LogP contribution < -0.4 is 0 Å². The summed E-state index contributed by atoms with van der Waals surface area (Å²) >= 11 is 1.44. The normalized spacial score (nSPS) is 19.4. The van der Waals surface area contributed by atoms with Gasteiger partial charge in [-0.15, -0.1) is 11.8 Å². The number of pyridine rings is 1. The highest BCUT2D eigenvalue weighted by molar-refractivity contribution is 7.99. The van der Waals surface area contributed by atoms with Gasteiger partial charge in [0.1, 0.15) is 11.7 Å². The van der Waals surface area contributed by atoms with Gasteiger partial charge in [-0.25, -0.2) is 4.79 Å². The number of aliphatic carboxylic acids is 1. The SMILES string of the molecule is Cc1cccnc1C(=O)N1CSCC1C(=O)O. The molecule has 1 aliphatic rings. The Morgan fingerprint density at radius 3 is 3.00 bits per heavy atom. The second kappa shape index (κ2) is 4.75. The highest BCUT2D eigenvalue weighted by Gasteiger charge is 2.35.